The fourth-order valence-corrected chi connectivity index (χ4v) is 3.05. The fourth-order valence-electron chi connectivity index (χ4n) is 2.56. The average molecular weight is 409 g/mol. The molecule has 2 rings (SSSR count). The van der Waals surface area contributed by atoms with Gasteiger partial charge in [-0.25, -0.2) is 5.43 Å². The maximum Gasteiger partial charge on any atom is 0.329 e. The third-order valence-corrected chi connectivity index (χ3v) is 4.22. The summed E-state index contributed by atoms with van der Waals surface area (Å²) in [4.78, 5) is 23.5. The highest BCUT2D eigenvalue weighted by atomic mass is 35.5. The van der Waals surface area contributed by atoms with E-state index in [1.165, 1.54) is 6.21 Å². The molecule has 0 spiro atoms. The molecule has 0 atom stereocenters. The van der Waals surface area contributed by atoms with Crippen molar-refractivity contribution in [3.8, 4) is 5.69 Å². The lowest BCUT2D eigenvalue weighted by Gasteiger charge is -2.19. The molecule has 0 bridgehead atoms. The van der Waals surface area contributed by atoms with Gasteiger partial charge in [0.1, 0.15) is 0 Å². The molecular weight excluding hydrogens is 387 g/mol. The molecule has 144 valence electrons. The molecule has 6 nitrogen and oxygen atoms in total. The van der Waals surface area contributed by atoms with Crippen LogP contribution in [0, 0.1) is 13.8 Å². The van der Waals surface area contributed by atoms with Crippen LogP contribution in [0.1, 0.15) is 37.7 Å². The summed E-state index contributed by atoms with van der Waals surface area (Å²) in [6.07, 6.45) is 1.49. The van der Waals surface area contributed by atoms with Gasteiger partial charge < -0.3 is 9.88 Å². The van der Waals surface area contributed by atoms with Crippen LogP contribution in [0.25, 0.3) is 5.69 Å². The number of rotatable bonds is 3. The Balaban J connectivity index is 2.18. The number of carbonyl (C=O) groups is 2. The molecule has 1 aromatic carbocycles. The summed E-state index contributed by atoms with van der Waals surface area (Å²) in [5.41, 5.74) is 5.14. The van der Waals surface area contributed by atoms with Gasteiger partial charge in [0.15, 0.2) is 0 Å². The van der Waals surface area contributed by atoms with E-state index in [1.54, 1.807) is 32.9 Å². The van der Waals surface area contributed by atoms with Crippen LogP contribution in [0.15, 0.2) is 29.4 Å². The van der Waals surface area contributed by atoms with Crippen LogP contribution in [0.2, 0.25) is 10.0 Å². The number of hydrogen-bond acceptors (Lipinski definition) is 3. The zero-order valence-electron chi connectivity index (χ0n) is 15.9. The summed E-state index contributed by atoms with van der Waals surface area (Å²) in [5.74, 6) is -1.56. The first-order chi connectivity index (χ1) is 12.5. The van der Waals surface area contributed by atoms with Gasteiger partial charge in [-0.15, -0.1) is 0 Å². The molecule has 0 aliphatic carbocycles. The van der Waals surface area contributed by atoms with E-state index >= 15 is 0 Å². The van der Waals surface area contributed by atoms with Crippen molar-refractivity contribution < 1.29 is 9.59 Å². The van der Waals surface area contributed by atoms with E-state index in [4.69, 9.17) is 23.2 Å². The molecule has 27 heavy (non-hydrogen) atoms. The minimum atomic E-state index is -0.823. The molecule has 0 saturated carbocycles. The third-order valence-electron chi connectivity index (χ3n) is 3.69. The van der Waals surface area contributed by atoms with Crippen molar-refractivity contribution in [2.45, 2.75) is 40.2 Å². The summed E-state index contributed by atoms with van der Waals surface area (Å²) in [6.45, 7) is 9.21. The quantitative estimate of drug-likeness (QED) is 0.460. The summed E-state index contributed by atoms with van der Waals surface area (Å²) >= 11 is 12.3. The molecular formula is C19H22Cl2N4O2. The number of aryl methyl sites for hydroxylation is 1. The highest BCUT2D eigenvalue weighted by molar-refractivity contribution is 6.36. The monoisotopic (exact) mass is 408 g/mol. The van der Waals surface area contributed by atoms with E-state index in [-0.39, 0.29) is 0 Å². The van der Waals surface area contributed by atoms with Gasteiger partial charge in [0.25, 0.3) is 0 Å². The largest absolute Gasteiger partial charge is 0.343 e. The van der Waals surface area contributed by atoms with Gasteiger partial charge in [0.2, 0.25) is 0 Å². The molecule has 0 radical (unpaired) electrons. The minimum absolute atomic E-state index is 0.499. The first-order valence-corrected chi connectivity index (χ1v) is 9.05. The normalized spacial score (nSPS) is 11.7. The SMILES string of the molecule is Cc1cc(/C=N\NC(=O)C(=O)NC(C)(C)C)c(C)n1-c1ccc(Cl)cc1Cl. The highest BCUT2D eigenvalue weighted by Crippen LogP contribution is 2.28. The second-order valence-corrected chi connectivity index (χ2v) is 8.00. The predicted octanol–water partition coefficient (Wildman–Crippen LogP) is 3.77. The lowest BCUT2D eigenvalue weighted by atomic mass is 10.1. The number of nitrogens with zero attached hydrogens (tertiary/aromatic N) is 2. The Morgan fingerprint density at radius 2 is 1.78 bits per heavy atom. The Morgan fingerprint density at radius 3 is 2.37 bits per heavy atom. The fraction of sp³-hybridized carbons (Fsp3) is 0.316. The van der Waals surface area contributed by atoms with Gasteiger partial charge in [0.05, 0.1) is 16.9 Å². The van der Waals surface area contributed by atoms with Crippen molar-refractivity contribution in [2.75, 3.05) is 0 Å². The van der Waals surface area contributed by atoms with Gasteiger partial charge >= 0.3 is 11.8 Å². The number of hydrogen-bond donors (Lipinski definition) is 2. The number of hydrazone groups is 1. The highest BCUT2D eigenvalue weighted by Gasteiger charge is 2.19. The molecule has 0 unspecified atom stereocenters. The van der Waals surface area contributed by atoms with E-state index in [9.17, 15) is 9.59 Å². The smallest absolute Gasteiger partial charge is 0.329 e. The summed E-state index contributed by atoms with van der Waals surface area (Å²) in [5, 5.41) is 7.54. The molecule has 2 amide bonds. The number of benzene rings is 1. The van der Waals surface area contributed by atoms with Gasteiger partial charge in [-0.05, 0) is 58.9 Å². The standard InChI is InChI=1S/C19H22Cl2N4O2/c1-11-8-13(10-22-24-18(27)17(26)23-19(3,4)5)12(2)25(11)16-7-6-14(20)9-15(16)21/h6-10H,1-5H3,(H,23,26)(H,24,27)/b22-10-. The Hall–Kier alpha value is -2.31. The second kappa shape index (κ2) is 8.15. The average Bonchev–Trinajstić information content (AvgIpc) is 2.80. The van der Waals surface area contributed by atoms with Crippen molar-refractivity contribution in [3.63, 3.8) is 0 Å². The Kier molecular flexibility index (Phi) is 6.34. The molecule has 0 saturated heterocycles. The maximum absolute atomic E-state index is 11.8. The van der Waals surface area contributed by atoms with Crippen LogP contribution in [0.5, 0.6) is 0 Å². The zero-order valence-corrected chi connectivity index (χ0v) is 17.4. The van der Waals surface area contributed by atoms with Crippen molar-refractivity contribution in [2.24, 2.45) is 5.10 Å². The van der Waals surface area contributed by atoms with Crippen molar-refractivity contribution in [1.82, 2.24) is 15.3 Å². The van der Waals surface area contributed by atoms with Gasteiger partial charge in [-0.1, -0.05) is 23.2 Å². The maximum atomic E-state index is 11.8. The molecule has 0 aliphatic rings. The first-order valence-electron chi connectivity index (χ1n) is 8.29. The molecule has 0 aliphatic heterocycles. The van der Waals surface area contributed by atoms with Crippen molar-refractivity contribution >= 4 is 41.2 Å². The van der Waals surface area contributed by atoms with E-state index in [1.807, 2.05) is 30.5 Å². The summed E-state index contributed by atoms with van der Waals surface area (Å²) in [6, 6.07) is 7.19. The Labute approximate surface area is 168 Å². The minimum Gasteiger partial charge on any atom is -0.343 e. The predicted molar refractivity (Wildman–Crippen MR) is 109 cm³/mol. The number of amides is 2. The summed E-state index contributed by atoms with van der Waals surface area (Å²) in [7, 11) is 0. The van der Waals surface area contributed by atoms with Crippen LogP contribution in [0.4, 0.5) is 0 Å². The molecule has 0 fully saturated rings. The van der Waals surface area contributed by atoms with Crippen LogP contribution in [-0.4, -0.2) is 28.1 Å². The zero-order chi connectivity index (χ0) is 20.4. The summed E-state index contributed by atoms with van der Waals surface area (Å²) < 4.78 is 1.97. The number of aromatic nitrogens is 1. The van der Waals surface area contributed by atoms with E-state index < -0.39 is 17.4 Å². The van der Waals surface area contributed by atoms with Crippen LogP contribution >= 0.6 is 23.2 Å². The van der Waals surface area contributed by atoms with Crippen molar-refractivity contribution in [1.29, 1.82) is 0 Å². The molecule has 1 aromatic heterocycles. The van der Waals surface area contributed by atoms with E-state index in [2.05, 4.69) is 15.8 Å². The first kappa shape index (κ1) is 21.0. The van der Waals surface area contributed by atoms with Gasteiger partial charge in [-0.2, -0.15) is 5.10 Å². The van der Waals surface area contributed by atoms with E-state index in [0.29, 0.717) is 10.0 Å². The third kappa shape index (κ3) is 5.34. The van der Waals surface area contributed by atoms with Crippen LogP contribution in [-0.2, 0) is 9.59 Å². The molecule has 2 aromatic rings. The molecule has 1 heterocycles. The van der Waals surface area contributed by atoms with Crippen molar-refractivity contribution in [3.05, 3.63) is 51.3 Å². The molecule has 2 N–H and O–H groups in total. The Morgan fingerprint density at radius 1 is 1.11 bits per heavy atom. The van der Waals surface area contributed by atoms with Gasteiger partial charge in [0, 0.05) is 27.5 Å². The lowest BCUT2D eigenvalue weighted by molar-refractivity contribution is -0.140. The van der Waals surface area contributed by atoms with Gasteiger partial charge in [-0.3, -0.25) is 9.59 Å². The second-order valence-electron chi connectivity index (χ2n) is 7.16. The number of halogens is 2. The number of nitrogens with one attached hydrogen (secondary N) is 2. The Bertz CT molecular complexity index is 911. The lowest BCUT2D eigenvalue weighted by Crippen LogP contribution is -2.47. The topological polar surface area (TPSA) is 75.5 Å². The number of carbonyl (C=O) groups excluding carboxylic acids is 2. The van der Waals surface area contributed by atoms with Crippen LogP contribution < -0.4 is 10.7 Å². The molecule has 8 heteroatoms. The van der Waals surface area contributed by atoms with E-state index in [0.717, 1.165) is 22.6 Å². The van der Waals surface area contributed by atoms with Crippen LogP contribution in [0.3, 0.4) is 0 Å².